The highest BCUT2D eigenvalue weighted by molar-refractivity contribution is 6.30. The van der Waals surface area contributed by atoms with Crippen molar-refractivity contribution in [2.45, 2.75) is 71.6 Å². The summed E-state index contributed by atoms with van der Waals surface area (Å²) in [6.07, 6.45) is 10.4. The number of nitrogens with zero attached hydrogens (tertiary/aromatic N) is 1. The predicted molar refractivity (Wildman–Crippen MR) is 99.0 cm³/mol. The topological polar surface area (TPSA) is 41.5 Å². The van der Waals surface area contributed by atoms with Crippen LogP contribution in [0, 0.1) is 0 Å². The number of carbonyl (C=O) groups is 1. The van der Waals surface area contributed by atoms with Crippen LogP contribution in [0.3, 0.4) is 0 Å². The van der Waals surface area contributed by atoms with Gasteiger partial charge in [0.15, 0.2) is 0 Å². The molecule has 1 amide bonds. The van der Waals surface area contributed by atoms with E-state index in [1.54, 1.807) is 0 Å². The number of benzene rings is 1. The number of nitrogens with one attached hydrogen (secondary N) is 1. The van der Waals surface area contributed by atoms with E-state index < -0.39 is 0 Å². The van der Waals surface area contributed by atoms with E-state index >= 15 is 0 Å². The monoisotopic (exact) mass is 336 g/mol. The van der Waals surface area contributed by atoms with Gasteiger partial charge in [0, 0.05) is 11.4 Å². The molecule has 0 unspecified atom stereocenters. The molecule has 0 aliphatic carbocycles. The van der Waals surface area contributed by atoms with Gasteiger partial charge in [0.05, 0.1) is 5.71 Å². The van der Waals surface area contributed by atoms with Crippen LogP contribution in [0.4, 0.5) is 0 Å². The minimum absolute atomic E-state index is 0.00991. The second-order valence-electron chi connectivity index (χ2n) is 5.96. The molecule has 23 heavy (non-hydrogen) atoms. The molecular formula is C19H29ClN2O. The number of hydrazone groups is 1. The zero-order chi connectivity index (χ0) is 16.9. The zero-order valence-corrected chi connectivity index (χ0v) is 15.2. The van der Waals surface area contributed by atoms with Crippen LogP contribution >= 0.6 is 11.6 Å². The van der Waals surface area contributed by atoms with Gasteiger partial charge in [0.1, 0.15) is 0 Å². The van der Waals surface area contributed by atoms with E-state index in [9.17, 15) is 4.79 Å². The minimum atomic E-state index is -0.00991. The highest BCUT2D eigenvalue weighted by atomic mass is 35.5. The molecule has 0 aromatic heterocycles. The molecule has 0 aliphatic heterocycles. The van der Waals surface area contributed by atoms with Gasteiger partial charge >= 0.3 is 0 Å². The van der Waals surface area contributed by atoms with Gasteiger partial charge in [0.2, 0.25) is 5.91 Å². The largest absolute Gasteiger partial charge is 0.273 e. The molecule has 1 aromatic rings. The van der Waals surface area contributed by atoms with Gasteiger partial charge in [-0.25, -0.2) is 5.43 Å². The van der Waals surface area contributed by atoms with E-state index in [0.29, 0.717) is 11.4 Å². The molecule has 1 N–H and O–H groups in total. The Morgan fingerprint density at radius 2 is 1.57 bits per heavy atom. The molecule has 1 rings (SSSR count). The van der Waals surface area contributed by atoms with Gasteiger partial charge in [0.25, 0.3) is 0 Å². The number of unbranched alkanes of at least 4 members (excludes halogenated alkanes) is 7. The van der Waals surface area contributed by atoms with Crippen LogP contribution < -0.4 is 5.43 Å². The Morgan fingerprint density at radius 1 is 1.00 bits per heavy atom. The van der Waals surface area contributed by atoms with Crippen LogP contribution in [0.5, 0.6) is 0 Å². The maximum atomic E-state index is 11.8. The molecule has 0 saturated carbocycles. The second-order valence-corrected chi connectivity index (χ2v) is 6.40. The van der Waals surface area contributed by atoms with Crippen LogP contribution in [-0.4, -0.2) is 11.6 Å². The van der Waals surface area contributed by atoms with Crippen LogP contribution in [0.1, 0.15) is 77.2 Å². The van der Waals surface area contributed by atoms with Crippen LogP contribution in [0.15, 0.2) is 29.4 Å². The number of rotatable bonds is 11. The summed E-state index contributed by atoms with van der Waals surface area (Å²) in [4.78, 5) is 11.8. The van der Waals surface area contributed by atoms with E-state index in [4.69, 9.17) is 11.6 Å². The molecule has 0 saturated heterocycles. The van der Waals surface area contributed by atoms with Crippen molar-refractivity contribution in [2.75, 3.05) is 0 Å². The van der Waals surface area contributed by atoms with Gasteiger partial charge in [-0.2, -0.15) is 5.10 Å². The SMILES string of the molecule is CCCCCCCCCCC(=O)N/N=C(\C)c1ccc(Cl)cc1. The third-order valence-electron chi connectivity index (χ3n) is 3.87. The fourth-order valence-corrected chi connectivity index (χ4v) is 2.50. The Bertz CT molecular complexity index is 483. The maximum absolute atomic E-state index is 11.8. The van der Waals surface area contributed by atoms with Gasteiger partial charge in [-0.15, -0.1) is 0 Å². The van der Waals surface area contributed by atoms with Crippen molar-refractivity contribution in [1.29, 1.82) is 0 Å². The van der Waals surface area contributed by atoms with Crippen molar-refractivity contribution < 1.29 is 4.79 Å². The molecule has 4 heteroatoms. The Kier molecular flexibility index (Phi) is 10.4. The molecule has 0 atom stereocenters. The fraction of sp³-hybridized carbons (Fsp3) is 0.579. The van der Waals surface area contributed by atoms with Gasteiger partial charge in [-0.3, -0.25) is 4.79 Å². The van der Waals surface area contributed by atoms with Crippen molar-refractivity contribution in [3.8, 4) is 0 Å². The molecule has 0 heterocycles. The van der Waals surface area contributed by atoms with E-state index in [0.717, 1.165) is 24.1 Å². The number of hydrogen-bond acceptors (Lipinski definition) is 2. The number of halogens is 1. The lowest BCUT2D eigenvalue weighted by Gasteiger charge is -2.04. The molecule has 0 fully saturated rings. The average Bonchev–Trinajstić information content (AvgIpc) is 2.55. The van der Waals surface area contributed by atoms with Crippen LogP contribution in [-0.2, 0) is 4.79 Å². The van der Waals surface area contributed by atoms with E-state index in [1.807, 2.05) is 31.2 Å². The Hall–Kier alpha value is -1.35. The van der Waals surface area contributed by atoms with Crippen LogP contribution in [0.25, 0.3) is 0 Å². The maximum Gasteiger partial charge on any atom is 0.240 e. The molecular weight excluding hydrogens is 308 g/mol. The van der Waals surface area contributed by atoms with E-state index in [2.05, 4.69) is 17.5 Å². The molecule has 0 radical (unpaired) electrons. The summed E-state index contributed by atoms with van der Waals surface area (Å²) < 4.78 is 0. The first-order valence-electron chi connectivity index (χ1n) is 8.72. The standard InChI is InChI=1S/C19H29ClN2O/c1-3-4-5-6-7-8-9-10-11-19(23)22-21-16(2)17-12-14-18(20)15-13-17/h12-15H,3-11H2,1-2H3,(H,22,23)/b21-16+. The lowest BCUT2D eigenvalue weighted by molar-refractivity contribution is -0.121. The summed E-state index contributed by atoms with van der Waals surface area (Å²) in [7, 11) is 0. The molecule has 128 valence electrons. The summed E-state index contributed by atoms with van der Waals surface area (Å²) in [5.41, 5.74) is 4.37. The fourth-order valence-electron chi connectivity index (χ4n) is 2.38. The summed E-state index contributed by atoms with van der Waals surface area (Å²) >= 11 is 5.85. The molecule has 0 bridgehead atoms. The second kappa shape index (κ2) is 12.1. The first-order valence-corrected chi connectivity index (χ1v) is 9.10. The normalized spacial score (nSPS) is 11.5. The van der Waals surface area contributed by atoms with Gasteiger partial charge in [-0.1, -0.05) is 75.6 Å². The Labute approximate surface area is 145 Å². The Morgan fingerprint density at radius 3 is 2.17 bits per heavy atom. The lowest BCUT2D eigenvalue weighted by atomic mass is 10.1. The minimum Gasteiger partial charge on any atom is -0.273 e. The predicted octanol–water partition coefficient (Wildman–Crippen LogP) is 5.71. The summed E-state index contributed by atoms with van der Waals surface area (Å²) in [5.74, 6) is -0.00991. The lowest BCUT2D eigenvalue weighted by Crippen LogP contribution is -2.18. The van der Waals surface area contributed by atoms with Crippen molar-refractivity contribution in [3.05, 3.63) is 34.9 Å². The first kappa shape index (κ1) is 19.7. The molecule has 3 nitrogen and oxygen atoms in total. The smallest absolute Gasteiger partial charge is 0.240 e. The zero-order valence-electron chi connectivity index (χ0n) is 14.4. The summed E-state index contributed by atoms with van der Waals surface area (Å²) in [5, 5.41) is 4.84. The van der Waals surface area contributed by atoms with E-state index in [1.165, 1.54) is 38.5 Å². The first-order chi connectivity index (χ1) is 11.1. The number of hydrogen-bond donors (Lipinski definition) is 1. The van der Waals surface area contributed by atoms with Crippen molar-refractivity contribution in [2.24, 2.45) is 5.10 Å². The third-order valence-corrected chi connectivity index (χ3v) is 4.12. The van der Waals surface area contributed by atoms with Crippen molar-refractivity contribution >= 4 is 23.2 Å². The van der Waals surface area contributed by atoms with Gasteiger partial charge < -0.3 is 0 Å². The van der Waals surface area contributed by atoms with Crippen molar-refractivity contribution in [1.82, 2.24) is 5.43 Å². The number of carbonyl (C=O) groups excluding carboxylic acids is 1. The Balaban J connectivity index is 2.14. The molecule has 1 aromatic carbocycles. The number of amides is 1. The molecule has 0 aliphatic rings. The third kappa shape index (κ3) is 9.39. The highest BCUT2D eigenvalue weighted by Gasteiger charge is 2.02. The quantitative estimate of drug-likeness (QED) is 0.314. The average molecular weight is 337 g/mol. The summed E-state index contributed by atoms with van der Waals surface area (Å²) in [6.45, 7) is 4.11. The van der Waals surface area contributed by atoms with Crippen molar-refractivity contribution in [3.63, 3.8) is 0 Å². The van der Waals surface area contributed by atoms with E-state index in [-0.39, 0.29) is 5.91 Å². The summed E-state index contributed by atoms with van der Waals surface area (Å²) in [6, 6.07) is 7.42. The van der Waals surface area contributed by atoms with Crippen LogP contribution in [0.2, 0.25) is 5.02 Å². The van der Waals surface area contributed by atoms with Gasteiger partial charge in [-0.05, 0) is 31.0 Å². The molecule has 0 spiro atoms. The highest BCUT2D eigenvalue weighted by Crippen LogP contribution is 2.11.